The number of rotatable bonds is 2. The summed E-state index contributed by atoms with van der Waals surface area (Å²) in [5.41, 5.74) is 1.89. The molecule has 0 N–H and O–H groups in total. The number of methoxy groups -OCH3 is 1. The SMILES string of the molecule is COc1cccc(N2C(=O)Cc3ccccc3C2=O)c1. The highest BCUT2D eigenvalue weighted by Gasteiger charge is 2.31. The van der Waals surface area contributed by atoms with Gasteiger partial charge in [-0.15, -0.1) is 0 Å². The van der Waals surface area contributed by atoms with Gasteiger partial charge >= 0.3 is 0 Å². The van der Waals surface area contributed by atoms with E-state index in [4.69, 9.17) is 4.74 Å². The van der Waals surface area contributed by atoms with Crippen LogP contribution in [0.5, 0.6) is 5.75 Å². The highest BCUT2D eigenvalue weighted by atomic mass is 16.5. The molecule has 1 aliphatic rings. The molecule has 4 heteroatoms. The Morgan fingerprint density at radius 1 is 1.05 bits per heavy atom. The molecule has 1 heterocycles. The zero-order valence-electron chi connectivity index (χ0n) is 11.0. The third-order valence-corrected chi connectivity index (χ3v) is 3.35. The zero-order chi connectivity index (χ0) is 14.1. The van der Waals surface area contributed by atoms with Crippen molar-refractivity contribution in [2.75, 3.05) is 12.0 Å². The van der Waals surface area contributed by atoms with E-state index in [9.17, 15) is 9.59 Å². The molecule has 0 spiro atoms. The smallest absolute Gasteiger partial charge is 0.265 e. The first-order valence-corrected chi connectivity index (χ1v) is 6.30. The van der Waals surface area contributed by atoms with Crippen molar-refractivity contribution in [2.24, 2.45) is 0 Å². The van der Waals surface area contributed by atoms with Crippen molar-refractivity contribution in [1.29, 1.82) is 0 Å². The Kier molecular flexibility index (Phi) is 2.99. The second-order valence-electron chi connectivity index (χ2n) is 4.57. The van der Waals surface area contributed by atoms with Crippen LogP contribution in [-0.2, 0) is 11.2 Å². The molecule has 4 nitrogen and oxygen atoms in total. The topological polar surface area (TPSA) is 46.6 Å². The van der Waals surface area contributed by atoms with Gasteiger partial charge in [0.05, 0.1) is 19.2 Å². The van der Waals surface area contributed by atoms with E-state index in [2.05, 4.69) is 0 Å². The van der Waals surface area contributed by atoms with Gasteiger partial charge in [-0.2, -0.15) is 0 Å². The van der Waals surface area contributed by atoms with E-state index in [-0.39, 0.29) is 18.2 Å². The van der Waals surface area contributed by atoms with Crippen molar-refractivity contribution < 1.29 is 14.3 Å². The van der Waals surface area contributed by atoms with E-state index in [1.165, 1.54) is 4.90 Å². The third-order valence-electron chi connectivity index (χ3n) is 3.35. The van der Waals surface area contributed by atoms with Crippen molar-refractivity contribution in [2.45, 2.75) is 6.42 Å². The number of hydrogen-bond acceptors (Lipinski definition) is 3. The first-order chi connectivity index (χ1) is 9.70. The minimum Gasteiger partial charge on any atom is -0.497 e. The second-order valence-corrected chi connectivity index (χ2v) is 4.57. The van der Waals surface area contributed by atoms with Crippen LogP contribution in [0.4, 0.5) is 5.69 Å². The second kappa shape index (κ2) is 4.81. The number of carbonyl (C=O) groups excluding carboxylic acids is 2. The van der Waals surface area contributed by atoms with Gasteiger partial charge in [-0.05, 0) is 23.8 Å². The number of nitrogens with zero attached hydrogens (tertiary/aromatic N) is 1. The lowest BCUT2D eigenvalue weighted by atomic mass is 9.98. The Morgan fingerprint density at radius 2 is 1.85 bits per heavy atom. The summed E-state index contributed by atoms with van der Waals surface area (Å²) in [4.78, 5) is 25.9. The van der Waals surface area contributed by atoms with Crippen molar-refractivity contribution >= 4 is 17.5 Å². The molecule has 0 aromatic heterocycles. The van der Waals surface area contributed by atoms with Crippen LogP contribution < -0.4 is 9.64 Å². The highest BCUT2D eigenvalue weighted by molar-refractivity contribution is 6.24. The lowest BCUT2D eigenvalue weighted by Crippen LogP contribution is -2.42. The van der Waals surface area contributed by atoms with Crippen LogP contribution in [0.25, 0.3) is 0 Å². The summed E-state index contributed by atoms with van der Waals surface area (Å²) in [5.74, 6) is 0.106. The van der Waals surface area contributed by atoms with Crippen molar-refractivity contribution in [1.82, 2.24) is 0 Å². The quantitative estimate of drug-likeness (QED) is 0.785. The molecule has 0 aliphatic carbocycles. The number of imide groups is 1. The van der Waals surface area contributed by atoms with Gasteiger partial charge in [0, 0.05) is 11.6 Å². The van der Waals surface area contributed by atoms with Crippen LogP contribution >= 0.6 is 0 Å². The predicted molar refractivity (Wildman–Crippen MR) is 75.0 cm³/mol. The number of anilines is 1. The Hall–Kier alpha value is -2.62. The van der Waals surface area contributed by atoms with Gasteiger partial charge in [0.15, 0.2) is 0 Å². The largest absolute Gasteiger partial charge is 0.497 e. The fourth-order valence-corrected chi connectivity index (χ4v) is 2.37. The third kappa shape index (κ3) is 1.95. The molecule has 1 aliphatic heterocycles. The number of fused-ring (bicyclic) bond motifs is 1. The van der Waals surface area contributed by atoms with Gasteiger partial charge < -0.3 is 4.74 Å². The van der Waals surface area contributed by atoms with E-state index in [1.54, 1.807) is 43.5 Å². The number of ether oxygens (including phenoxy) is 1. The van der Waals surface area contributed by atoms with Crippen LogP contribution in [0, 0.1) is 0 Å². The Morgan fingerprint density at radius 3 is 2.65 bits per heavy atom. The number of benzene rings is 2. The van der Waals surface area contributed by atoms with Gasteiger partial charge in [-0.3, -0.25) is 9.59 Å². The Balaban J connectivity index is 2.06. The van der Waals surface area contributed by atoms with Crippen LogP contribution in [-0.4, -0.2) is 18.9 Å². The summed E-state index contributed by atoms with van der Waals surface area (Å²) >= 11 is 0. The molecule has 0 fully saturated rings. The molecule has 0 bridgehead atoms. The molecule has 2 aromatic carbocycles. The van der Waals surface area contributed by atoms with Crippen LogP contribution in [0.15, 0.2) is 48.5 Å². The van der Waals surface area contributed by atoms with Crippen LogP contribution in [0.3, 0.4) is 0 Å². The van der Waals surface area contributed by atoms with E-state index in [0.717, 1.165) is 5.56 Å². The molecule has 0 unspecified atom stereocenters. The van der Waals surface area contributed by atoms with Crippen molar-refractivity contribution in [3.8, 4) is 5.75 Å². The molecular formula is C16H13NO3. The molecule has 0 saturated heterocycles. The number of hydrogen-bond donors (Lipinski definition) is 0. The molecule has 3 rings (SSSR count). The highest BCUT2D eigenvalue weighted by Crippen LogP contribution is 2.27. The maximum Gasteiger partial charge on any atom is 0.265 e. The summed E-state index contributed by atoms with van der Waals surface area (Å²) in [6.45, 7) is 0. The molecule has 20 heavy (non-hydrogen) atoms. The molecule has 0 saturated carbocycles. The van der Waals surface area contributed by atoms with E-state index in [1.807, 2.05) is 12.1 Å². The summed E-state index contributed by atoms with van der Waals surface area (Å²) in [6.07, 6.45) is 0.235. The van der Waals surface area contributed by atoms with E-state index in [0.29, 0.717) is 17.0 Å². The van der Waals surface area contributed by atoms with Crippen molar-refractivity contribution in [3.05, 3.63) is 59.7 Å². The normalized spacial score (nSPS) is 14.2. The summed E-state index contributed by atoms with van der Waals surface area (Å²) in [7, 11) is 1.55. The standard InChI is InChI=1S/C16H13NO3/c1-20-13-7-4-6-12(10-13)17-15(18)9-11-5-2-3-8-14(11)16(17)19/h2-8,10H,9H2,1H3. The minimum atomic E-state index is -0.287. The average molecular weight is 267 g/mol. The molecule has 0 radical (unpaired) electrons. The minimum absolute atomic E-state index is 0.220. The number of amides is 2. The average Bonchev–Trinajstić information content (AvgIpc) is 2.47. The Labute approximate surface area is 116 Å². The zero-order valence-corrected chi connectivity index (χ0v) is 11.0. The molecule has 2 amide bonds. The lowest BCUT2D eigenvalue weighted by molar-refractivity contribution is -0.117. The Bertz CT molecular complexity index is 694. The van der Waals surface area contributed by atoms with Gasteiger partial charge in [-0.25, -0.2) is 4.90 Å². The van der Waals surface area contributed by atoms with Gasteiger partial charge in [0.1, 0.15) is 5.75 Å². The van der Waals surface area contributed by atoms with Gasteiger partial charge in [-0.1, -0.05) is 24.3 Å². The van der Waals surface area contributed by atoms with Crippen molar-refractivity contribution in [3.63, 3.8) is 0 Å². The molecule has 0 atom stereocenters. The van der Waals surface area contributed by atoms with Crippen LogP contribution in [0.1, 0.15) is 15.9 Å². The van der Waals surface area contributed by atoms with E-state index >= 15 is 0 Å². The number of carbonyl (C=O) groups is 2. The fourth-order valence-electron chi connectivity index (χ4n) is 2.37. The first-order valence-electron chi connectivity index (χ1n) is 6.30. The maximum absolute atomic E-state index is 12.5. The van der Waals surface area contributed by atoms with Gasteiger partial charge in [0.25, 0.3) is 5.91 Å². The summed E-state index contributed by atoms with van der Waals surface area (Å²) in [5, 5.41) is 0. The fraction of sp³-hybridized carbons (Fsp3) is 0.125. The first kappa shape index (κ1) is 12.4. The van der Waals surface area contributed by atoms with Crippen LogP contribution in [0.2, 0.25) is 0 Å². The summed E-state index contributed by atoms with van der Waals surface area (Å²) in [6, 6.07) is 14.1. The molecular weight excluding hydrogens is 254 g/mol. The molecule has 100 valence electrons. The van der Waals surface area contributed by atoms with E-state index < -0.39 is 0 Å². The summed E-state index contributed by atoms with van der Waals surface area (Å²) < 4.78 is 5.14. The molecule has 2 aromatic rings. The monoisotopic (exact) mass is 267 g/mol. The lowest BCUT2D eigenvalue weighted by Gasteiger charge is -2.27. The maximum atomic E-state index is 12.5. The van der Waals surface area contributed by atoms with Gasteiger partial charge in [0.2, 0.25) is 5.91 Å². The predicted octanol–water partition coefficient (Wildman–Crippen LogP) is 2.42.